The molecule has 3 aromatic rings. The standard InChI is InChI=1S/C20H23ClN4O4S/c1-11-15(21)13-6-9-25(18(26)16(13)22-11)12-4-7-24(8-5-12)20-23-14(10-28-2)17(30-20)19(27)29-3/h6,9,12,22H,4-5,7-8,10H2,1-3H3. The van der Waals surface area contributed by atoms with Crippen molar-refractivity contribution in [3.05, 3.63) is 43.9 Å². The molecule has 0 spiro atoms. The number of hydrogen-bond acceptors (Lipinski definition) is 7. The van der Waals surface area contributed by atoms with E-state index < -0.39 is 5.97 Å². The number of methoxy groups -OCH3 is 2. The number of aryl methyl sites for hydroxylation is 1. The lowest BCUT2D eigenvalue weighted by Gasteiger charge is -2.32. The van der Waals surface area contributed by atoms with Gasteiger partial charge in [-0.1, -0.05) is 22.9 Å². The fourth-order valence-corrected chi connectivity index (χ4v) is 5.13. The first kappa shape index (κ1) is 20.9. The lowest BCUT2D eigenvalue weighted by atomic mass is 10.0. The number of hydrogen-bond donors (Lipinski definition) is 1. The lowest BCUT2D eigenvalue weighted by Crippen LogP contribution is -2.37. The summed E-state index contributed by atoms with van der Waals surface area (Å²) in [6.45, 7) is 3.59. The SMILES string of the molecule is COCc1nc(N2CCC(n3ccc4c(Cl)c(C)[nH]c4c3=O)CC2)sc1C(=O)OC. The monoisotopic (exact) mass is 450 g/mol. The lowest BCUT2D eigenvalue weighted by molar-refractivity contribution is 0.0601. The molecule has 4 heterocycles. The van der Waals surface area contributed by atoms with Gasteiger partial charge < -0.3 is 23.9 Å². The summed E-state index contributed by atoms with van der Waals surface area (Å²) in [4.78, 5) is 35.3. The number of aromatic amines is 1. The molecule has 0 aromatic carbocycles. The van der Waals surface area contributed by atoms with Gasteiger partial charge in [-0.3, -0.25) is 4.79 Å². The van der Waals surface area contributed by atoms with Crippen LogP contribution in [-0.2, 0) is 16.1 Å². The second-order valence-corrected chi connectivity index (χ2v) is 8.65. The molecule has 1 fully saturated rings. The number of fused-ring (bicyclic) bond motifs is 1. The van der Waals surface area contributed by atoms with Crippen molar-refractivity contribution in [3.63, 3.8) is 0 Å². The zero-order valence-electron chi connectivity index (χ0n) is 17.0. The first-order chi connectivity index (χ1) is 14.4. The smallest absolute Gasteiger partial charge is 0.350 e. The van der Waals surface area contributed by atoms with E-state index in [2.05, 4.69) is 14.9 Å². The second kappa shape index (κ2) is 8.41. The normalized spacial score (nSPS) is 15.1. The number of pyridine rings is 1. The molecule has 0 unspecified atom stereocenters. The maximum absolute atomic E-state index is 13.0. The summed E-state index contributed by atoms with van der Waals surface area (Å²) in [7, 11) is 2.93. The quantitative estimate of drug-likeness (QED) is 0.598. The van der Waals surface area contributed by atoms with Crippen molar-refractivity contribution in [1.82, 2.24) is 14.5 Å². The molecule has 1 N–H and O–H groups in total. The Hall–Kier alpha value is -2.36. The van der Waals surface area contributed by atoms with Gasteiger partial charge in [-0.15, -0.1) is 0 Å². The summed E-state index contributed by atoms with van der Waals surface area (Å²) in [5.41, 5.74) is 1.89. The average Bonchev–Trinajstić information content (AvgIpc) is 3.30. The number of ether oxygens (including phenoxy) is 2. The molecule has 0 amide bonds. The van der Waals surface area contributed by atoms with Crippen LogP contribution in [-0.4, -0.2) is 47.8 Å². The highest BCUT2D eigenvalue weighted by atomic mass is 35.5. The molecule has 1 saturated heterocycles. The number of nitrogens with zero attached hydrogens (tertiary/aromatic N) is 3. The number of aromatic nitrogens is 3. The minimum Gasteiger partial charge on any atom is -0.465 e. The molecule has 1 aliphatic heterocycles. The number of carbonyl (C=O) groups excluding carboxylic acids is 1. The van der Waals surface area contributed by atoms with E-state index in [1.165, 1.54) is 18.4 Å². The summed E-state index contributed by atoms with van der Waals surface area (Å²) in [5.74, 6) is -0.402. The van der Waals surface area contributed by atoms with Gasteiger partial charge in [0.25, 0.3) is 5.56 Å². The maximum Gasteiger partial charge on any atom is 0.350 e. The third kappa shape index (κ3) is 3.61. The number of nitrogens with one attached hydrogen (secondary N) is 1. The van der Waals surface area contributed by atoms with Crippen molar-refractivity contribution >= 4 is 44.9 Å². The van der Waals surface area contributed by atoms with E-state index in [4.69, 9.17) is 21.1 Å². The van der Waals surface area contributed by atoms with E-state index in [1.807, 2.05) is 19.2 Å². The highest BCUT2D eigenvalue weighted by molar-refractivity contribution is 7.17. The second-order valence-electron chi connectivity index (χ2n) is 7.30. The summed E-state index contributed by atoms with van der Waals surface area (Å²) < 4.78 is 11.8. The van der Waals surface area contributed by atoms with Crippen molar-refractivity contribution < 1.29 is 14.3 Å². The molecular weight excluding hydrogens is 428 g/mol. The third-order valence-electron chi connectivity index (χ3n) is 5.46. The number of thiazole rings is 1. The molecule has 8 nitrogen and oxygen atoms in total. The van der Waals surface area contributed by atoms with E-state index in [9.17, 15) is 9.59 Å². The molecule has 1 aliphatic rings. The topological polar surface area (TPSA) is 89.5 Å². The van der Waals surface area contributed by atoms with Crippen LogP contribution in [0.1, 0.15) is 39.9 Å². The highest BCUT2D eigenvalue weighted by Crippen LogP contribution is 2.32. The Morgan fingerprint density at radius 3 is 2.77 bits per heavy atom. The van der Waals surface area contributed by atoms with Crippen LogP contribution in [0, 0.1) is 6.92 Å². The Labute approximate surface area is 182 Å². The molecule has 30 heavy (non-hydrogen) atoms. The van der Waals surface area contributed by atoms with Gasteiger partial charge in [0.15, 0.2) is 5.13 Å². The molecule has 0 radical (unpaired) electrons. The van der Waals surface area contributed by atoms with E-state index in [1.54, 1.807) is 11.7 Å². The number of H-pyrrole nitrogens is 1. The van der Waals surface area contributed by atoms with Crippen LogP contribution in [0.4, 0.5) is 5.13 Å². The third-order valence-corrected chi connectivity index (χ3v) is 7.09. The highest BCUT2D eigenvalue weighted by Gasteiger charge is 2.27. The molecule has 0 saturated carbocycles. The van der Waals surface area contributed by atoms with Crippen LogP contribution >= 0.6 is 22.9 Å². The number of halogens is 1. The van der Waals surface area contributed by atoms with Crippen LogP contribution in [0.2, 0.25) is 5.02 Å². The number of anilines is 1. The van der Waals surface area contributed by atoms with Crippen LogP contribution in [0.3, 0.4) is 0 Å². The van der Waals surface area contributed by atoms with Crippen molar-refractivity contribution in [1.29, 1.82) is 0 Å². The molecule has 4 rings (SSSR count). The Balaban J connectivity index is 1.53. The van der Waals surface area contributed by atoms with Crippen LogP contribution < -0.4 is 10.5 Å². The maximum atomic E-state index is 13.0. The molecule has 160 valence electrons. The van der Waals surface area contributed by atoms with E-state index in [0.29, 0.717) is 21.1 Å². The van der Waals surface area contributed by atoms with Crippen molar-refractivity contribution in [2.75, 3.05) is 32.2 Å². The number of rotatable bonds is 5. The van der Waals surface area contributed by atoms with Crippen LogP contribution in [0.15, 0.2) is 17.1 Å². The summed E-state index contributed by atoms with van der Waals surface area (Å²) in [6.07, 6.45) is 3.43. The van der Waals surface area contributed by atoms with Crippen molar-refractivity contribution in [3.8, 4) is 0 Å². The van der Waals surface area contributed by atoms with Gasteiger partial charge in [0, 0.05) is 43.5 Å². The largest absolute Gasteiger partial charge is 0.465 e. The first-order valence-corrected chi connectivity index (χ1v) is 10.8. The first-order valence-electron chi connectivity index (χ1n) is 9.65. The molecular formula is C20H23ClN4O4S. The summed E-state index contributed by atoms with van der Waals surface area (Å²) in [5, 5.41) is 2.13. The van der Waals surface area contributed by atoms with E-state index in [0.717, 1.165) is 42.1 Å². The van der Waals surface area contributed by atoms with Gasteiger partial charge >= 0.3 is 5.97 Å². The van der Waals surface area contributed by atoms with Gasteiger partial charge in [-0.05, 0) is 25.8 Å². The number of carbonyl (C=O) groups is 1. The number of piperidine rings is 1. The minimum atomic E-state index is -0.402. The Kier molecular flexibility index (Phi) is 5.86. The summed E-state index contributed by atoms with van der Waals surface area (Å²) in [6, 6.07) is 1.99. The Bertz CT molecular complexity index is 1140. The molecule has 3 aromatic heterocycles. The van der Waals surface area contributed by atoms with E-state index in [-0.39, 0.29) is 18.2 Å². The van der Waals surface area contributed by atoms with Gasteiger partial charge in [0.2, 0.25) is 0 Å². The predicted molar refractivity (Wildman–Crippen MR) is 117 cm³/mol. The van der Waals surface area contributed by atoms with Crippen molar-refractivity contribution in [2.45, 2.75) is 32.4 Å². The zero-order valence-corrected chi connectivity index (χ0v) is 18.6. The van der Waals surface area contributed by atoms with Crippen LogP contribution in [0.5, 0.6) is 0 Å². The number of esters is 1. The van der Waals surface area contributed by atoms with Gasteiger partial charge in [-0.2, -0.15) is 0 Å². The Morgan fingerprint density at radius 1 is 1.37 bits per heavy atom. The van der Waals surface area contributed by atoms with E-state index >= 15 is 0 Å². The minimum absolute atomic E-state index is 0.0504. The Morgan fingerprint density at radius 2 is 2.10 bits per heavy atom. The molecule has 0 atom stereocenters. The van der Waals surface area contributed by atoms with Crippen LogP contribution in [0.25, 0.3) is 10.9 Å². The van der Waals surface area contributed by atoms with Crippen molar-refractivity contribution in [2.24, 2.45) is 0 Å². The summed E-state index contributed by atoms with van der Waals surface area (Å²) >= 11 is 7.59. The predicted octanol–water partition coefficient (Wildman–Crippen LogP) is 3.52. The fraction of sp³-hybridized carbons (Fsp3) is 0.450. The van der Waals surface area contributed by atoms with Gasteiger partial charge in [-0.25, -0.2) is 9.78 Å². The fourth-order valence-electron chi connectivity index (χ4n) is 3.88. The zero-order chi connectivity index (χ0) is 21.4. The molecule has 0 bridgehead atoms. The molecule has 0 aliphatic carbocycles. The van der Waals surface area contributed by atoms with Gasteiger partial charge in [0.05, 0.1) is 24.4 Å². The molecule has 10 heteroatoms. The van der Waals surface area contributed by atoms with Gasteiger partial charge in [0.1, 0.15) is 10.4 Å². The average molecular weight is 451 g/mol.